The van der Waals surface area contributed by atoms with Crippen molar-refractivity contribution in [3.63, 3.8) is 0 Å². The van der Waals surface area contributed by atoms with Crippen molar-refractivity contribution in [2.75, 3.05) is 17.2 Å². The predicted molar refractivity (Wildman–Crippen MR) is 89.6 cm³/mol. The van der Waals surface area contributed by atoms with Gasteiger partial charge in [0, 0.05) is 24.6 Å². The van der Waals surface area contributed by atoms with Crippen LogP contribution in [0.4, 0.5) is 11.6 Å². The standard InChI is InChI=1S/C17H30N4/c1-5-8-15-19-16(18)13(4)17(20-15)21(11-12(2)3)14-9-6-7-10-14/h12,14H,5-11H2,1-4H3,(H2,18,19,20). The number of rotatable bonds is 6. The van der Waals surface area contributed by atoms with E-state index in [0.717, 1.165) is 36.6 Å². The molecule has 118 valence electrons. The van der Waals surface area contributed by atoms with Crippen molar-refractivity contribution in [3.8, 4) is 0 Å². The molecule has 1 aliphatic carbocycles. The fraction of sp³-hybridized carbons (Fsp3) is 0.765. The minimum absolute atomic E-state index is 0.620. The molecule has 1 aliphatic rings. The third-order valence-corrected chi connectivity index (χ3v) is 4.28. The lowest BCUT2D eigenvalue weighted by atomic mass is 10.1. The molecule has 0 radical (unpaired) electrons. The fourth-order valence-corrected chi connectivity index (χ4v) is 3.20. The van der Waals surface area contributed by atoms with Gasteiger partial charge in [-0.2, -0.15) is 0 Å². The number of anilines is 2. The molecule has 0 unspecified atom stereocenters. The number of aromatic nitrogens is 2. The maximum atomic E-state index is 6.14. The van der Waals surface area contributed by atoms with Gasteiger partial charge >= 0.3 is 0 Å². The molecule has 0 aromatic carbocycles. The highest BCUT2D eigenvalue weighted by Gasteiger charge is 2.26. The minimum atomic E-state index is 0.620. The van der Waals surface area contributed by atoms with Gasteiger partial charge in [-0.15, -0.1) is 0 Å². The summed E-state index contributed by atoms with van der Waals surface area (Å²) in [7, 11) is 0. The second kappa shape index (κ2) is 7.10. The van der Waals surface area contributed by atoms with Gasteiger partial charge < -0.3 is 10.6 Å². The lowest BCUT2D eigenvalue weighted by molar-refractivity contribution is 0.529. The van der Waals surface area contributed by atoms with Crippen LogP contribution in [0.3, 0.4) is 0 Å². The number of nitrogens with zero attached hydrogens (tertiary/aromatic N) is 3. The van der Waals surface area contributed by atoms with Crippen molar-refractivity contribution in [2.45, 2.75) is 72.3 Å². The van der Waals surface area contributed by atoms with Crippen molar-refractivity contribution in [2.24, 2.45) is 5.92 Å². The Balaban J connectivity index is 2.37. The SMILES string of the molecule is CCCc1nc(N)c(C)c(N(CC(C)C)C2CCCC2)n1. The Morgan fingerprint density at radius 3 is 2.48 bits per heavy atom. The van der Waals surface area contributed by atoms with Crippen LogP contribution in [0.15, 0.2) is 0 Å². The van der Waals surface area contributed by atoms with Crippen molar-refractivity contribution >= 4 is 11.6 Å². The monoisotopic (exact) mass is 290 g/mol. The van der Waals surface area contributed by atoms with E-state index in [-0.39, 0.29) is 0 Å². The molecule has 2 N–H and O–H groups in total. The third-order valence-electron chi connectivity index (χ3n) is 4.28. The van der Waals surface area contributed by atoms with Gasteiger partial charge in [0.1, 0.15) is 17.5 Å². The molecule has 1 heterocycles. The van der Waals surface area contributed by atoms with E-state index in [4.69, 9.17) is 10.7 Å². The third kappa shape index (κ3) is 3.86. The van der Waals surface area contributed by atoms with Gasteiger partial charge in [0.15, 0.2) is 0 Å². The molecule has 4 nitrogen and oxygen atoms in total. The summed E-state index contributed by atoms with van der Waals surface area (Å²) in [4.78, 5) is 11.8. The molecule has 1 fully saturated rings. The maximum Gasteiger partial charge on any atom is 0.137 e. The van der Waals surface area contributed by atoms with Gasteiger partial charge in [-0.3, -0.25) is 0 Å². The highest BCUT2D eigenvalue weighted by Crippen LogP contribution is 2.31. The normalized spacial score (nSPS) is 15.9. The van der Waals surface area contributed by atoms with Crippen LogP contribution in [0.1, 0.15) is 64.3 Å². The number of aryl methyl sites for hydroxylation is 1. The van der Waals surface area contributed by atoms with E-state index in [9.17, 15) is 0 Å². The minimum Gasteiger partial charge on any atom is -0.383 e. The van der Waals surface area contributed by atoms with Crippen LogP contribution in [-0.2, 0) is 6.42 Å². The van der Waals surface area contributed by atoms with Crippen LogP contribution in [0.2, 0.25) is 0 Å². The molecular weight excluding hydrogens is 260 g/mol. The molecule has 0 bridgehead atoms. The van der Waals surface area contributed by atoms with E-state index < -0.39 is 0 Å². The largest absolute Gasteiger partial charge is 0.383 e. The van der Waals surface area contributed by atoms with E-state index in [1.165, 1.54) is 25.7 Å². The lowest BCUT2D eigenvalue weighted by Gasteiger charge is -2.33. The Hall–Kier alpha value is -1.32. The maximum absolute atomic E-state index is 6.14. The van der Waals surface area contributed by atoms with Gasteiger partial charge in [-0.05, 0) is 32.1 Å². The molecule has 1 aromatic heterocycles. The van der Waals surface area contributed by atoms with Crippen LogP contribution >= 0.6 is 0 Å². The summed E-state index contributed by atoms with van der Waals surface area (Å²) in [5.74, 6) is 3.24. The number of hydrogen-bond donors (Lipinski definition) is 1. The second-order valence-electron chi connectivity index (χ2n) is 6.71. The molecule has 4 heteroatoms. The van der Waals surface area contributed by atoms with Crippen LogP contribution in [0, 0.1) is 12.8 Å². The summed E-state index contributed by atoms with van der Waals surface area (Å²) in [6.07, 6.45) is 7.17. The predicted octanol–water partition coefficient (Wildman–Crippen LogP) is 3.72. The van der Waals surface area contributed by atoms with E-state index in [1.807, 2.05) is 0 Å². The average molecular weight is 290 g/mol. The molecule has 21 heavy (non-hydrogen) atoms. The molecule has 0 amide bonds. The summed E-state index contributed by atoms with van der Waals surface area (Å²) in [5, 5.41) is 0. The molecular formula is C17H30N4. The first-order chi connectivity index (χ1) is 10.0. The Morgan fingerprint density at radius 1 is 1.24 bits per heavy atom. The van der Waals surface area contributed by atoms with E-state index in [2.05, 4.69) is 37.6 Å². The van der Waals surface area contributed by atoms with Crippen LogP contribution in [0.25, 0.3) is 0 Å². The smallest absolute Gasteiger partial charge is 0.137 e. The summed E-state index contributed by atoms with van der Waals surface area (Å²) >= 11 is 0. The highest BCUT2D eigenvalue weighted by atomic mass is 15.2. The van der Waals surface area contributed by atoms with Gasteiger partial charge in [-0.25, -0.2) is 9.97 Å². The zero-order chi connectivity index (χ0) is 15.4. The van der Waals surface area contributed by atoms with Gasteiger partial charge in [-0.1, -0.05) is 33.6 Å². The topological polar surface area (TPSA) is 55.0 Å². The first kappa shape index (κ1) is 16.1. The van der Waals surface area contributed by atoms with E-state index >= 15 is 0 Å². The van der Waals surface area contributed by atoms with Crippen molar-refractivity contribution < 1.29 is 0 Å². The molecule has 2 rings (SSSR count). The van der Waals surface area contributed by atoms with Crippen molar-refractivity contribution in [1.29, 1.82) is 0 Å². The second-order valence-corrected chi connectivity index (χ2v) is 6.71. The Kier molecular flexibility index (Phi) is 5.43. The fourth-order valence-electron chi connectivity index (χ4n) is 3.20. The first-order valence-electron chi connectivity index (χ1n) is 8.42. The average Bonchev–Trinajstić information content (AvgIpc) is 2.94. The van der Waals surface area contributed by atoms with Crippen molar-refractivity contribution in [1.82, 2.24) is 9.97 Å². The van der Waals surface area contributed by atoms with Gasteiger partial charge in [0.25, 0.3) is 0 Å². The Labute approximate surface area is 129 Å². The molecule has 0 aliphatic heterocycles. The van der Waals surface area contributed by atoms with Crippen LogP contribution < -0.4 is 10.6 Å². The molecule has 0 spiro atoms. The number of hydrogen-bond acceptors (Lipinski definition) is 4. The van der Waals surface area contributed by atoms with Crippen molar-refractivity contribution in [3.05, 3.63) is 11.4 Å². The lowest BCUT2D eigenvalue weighted by Crippen LogP contribution is -2.38. The quantitative estimate of drug-likeness (QED) is 0.867. The van der Waals surface area contributed by atoms with Crippen LogP contribution in [-0.4, -0.2) is 22.6 Å². The Bertz CT molecular complexity index is 464. The van der Waals surface area contributed by atoms with Crippen LogP contribution in [0.5, 0.6) is 0 Å². The van der Waals surface area contributed by atoms with E-state index in [1.54, 1.807) is 0 Å². The Morgan fingerprint density at radius 2 is 1.90 bits per heavy atom. The molecule has 1 aromatic rings. The highest BCUT2D eigenvalue weighted by molar-refractivity contribution is 5.57. The number of nitrogens with two attached hydrogens (primary N) is 1. The zero-order valence-electron chi connectivity index (χ0n) is 14.0. The number of nitrogen functional groups attached to an aromatic ring is 1. The van der Waals surface area contributed by atoms with E-state index in [0.29, 0.717) is 17.8 Å². The summed E-state index contributed by atoms with van der Waals surface area (Å²) in [6.45, 7) is 9.81. The zero-order valence-corrected chi connectivity index (χ0v) is 14.0. The molecule has 1 saturated carbocycles. The molecule has 0 saturated heterocycles. The summed E-state index contributed by atoms with van der Waals surface area (Å²) < 4.78 is 0. The summed E-state index contributed by atoms with van der Waals surface area (Å²) in [5.41, 5.74) is 7.19. The van der Waals surface area contributed by atoms with Gasteiger partial charge in [0.2, 0.25) is 0 Å². The van der Waals surface area contributed by atoms with Gasteiger partial charge in [0.05, 0.1) is 0 Å². The first-order valence-corrected chi connectivity index (χ1v) is 8.42. The summed E-state index contributed by atoms with van der Waals surface area (Å²) in [6, 6.07) is 0.620. The molecule has 0 atom stereocenters.